The van der Waals surface area contributed by atoms with E-state index in [0.29, 0.717) is 6.42 Å². The Hall–Kier alpha value is -3.16. The molecule has 3 rings (SSSR count). The molecule has 0 bridgehead atoms. The highest BCUT2D eigenvalue weighted by Crippen LogP contribution is 2.21. The fourth-order valence-corrected chi connectivity index (χ4v) is 4.22. The standard InChI is InChI=1S/C24H26N2O4S/c1-3-23(19-12-14-21(30-2)15-13-19)26-24(27)20-10-7-11-22(16-20)31(28,29)25-17-18-8-5-4-6-9-18/h4-16,23,25H,3,17H2,1-2H3,(H,26,27). The summed E-state index contributed by atoms with van der Waals surface area (Å²) in [6.45, 7) is 2.15. The number of methoxy groups -OCH3 is 1. The summed E-state index contributed by atoms with van der Waals surface area (Å²) in [6.07, 6.45) is 0.689. The first kappa shape index (κ1) is 22.5. The third kappa shape index (κ3) is 5.93. The molecular weight excluding hydrogens is 412 g/mol. The minimum atomic E-state index is -3.75. The number of carbonyl (C=O) groups is 1. The largest absolute Gasteiger partial charge is 0.497 e. The molecule has 0 heterocycles. The Labute approximate surface area is 183 Å². The van der Waals surface area contributed by atoms with Gasteiger partial charge in [0.25, 0.3) is 5.91 Å². The number of sulfonamides is 1. The second-order valence-corrected chi connectivity index (χ2v) is 8.81. The first-order chi connectivity index (χ1) is 14.9. The van der Waals surface area contributed by atoms with Gasteiger partial charge in [-0.3, -0.25) is 4.79 Å². The van der Waals surface area contributed by atoms with Gasteiger partial charge in [0.2, 0.25) is 10.0 Å². The van der Waals surface area contributed by atoms with E-state index in [0.717, 1.165) is 16.9 Å². The molecule has 162 valence electrons. The number of hydrogen-bond acceptors (Lipinski definition) is 4. The van der Waals surface area contributed by atoms with Crippen molar-refractivity contribution in [3.63, 3.8) is 0 Å². The molecule has 0 aliphatic carbocycles. The Bertz CT molecular complexity index is 1110. The molecule has 0 radical (unpaired) electrons. The minimum absolute atomic E-state index is 0.0496. The van der Waals surface area contributed by atoms with Gasteiger partial charge >= 0.3 is 0 Å². The maximum atomic E-state index is 12.8. The Balaban J connectivity index is 1.72. The summed E-state index contributed by atoms with van der Waals surface area (Å²) in [5, 5.41) is 2.98. The molecule has 0 aromatic heterocycles. The second kappa shape index (κ2) is 10.2. The van der Waals surface area contributed by atoms with E-state index in [1.54, 1.807) is 19.2 Å². The van der Waals surface area contributed by atoms with Gasteiger partial charge in [-0.05, 0) is 47.9 Å². The fourth-order valence-electron chi connectivity index (χ4n) is 3.16. The van der Waals surface area contributed by atoms with E-state index in [1.807, 2.05) is 61.5 Å². The molecule has 0 saturated heterocycles. The van der Waals surface area contributed by atoms with Crippen LogP contribution >= 0.6 is 0 Å². The molecule has 6 nitrogen and oxygen atoms in total. The van der Waals surface area contributed by atoms with Crippen LogP contribution in [0.5, 0.6) is 5.75 Å². The number of rotatable bonds is 9. The summed E-state index contributed by atoms with van der Waals surface area (Å²) in [5.74, 6) is 0.411. The minimum Gasteiger partial charge on any atom is -0.497 e. The number of hydrogen-bond donors (Lipinski definition) is 2. The molecule has 0 spiro atoms. The van der Waals surface area contributed by atoms with Crippen LogP contribution in [0.3, 0.4) is 0 Å². The van der Waals surface area contributed by atoms with E-state index in [9.17, 15) is 13.2 Å². The van der Waals surface area contributed by atoms with Crippen LogP contribution in [0.2, 0.25) is 0 Å². The van der Waals surface area contributed by atoms with Crippen molar-refractivity contribution in [3.05, 3.63) is 95.6 Å². The molecule has 31 heavy (non-hydrogen) atoms. The molecule has 0 fully saturated rings. The number of benzene rings is 3. The predicted molar refractivity (Wildman–Crippen MR) is 120 cm³/mol. The fraction of sp³-hybridized carbons (Fsp3) is 0.208. The Morgan fingerprint density at radius 2 is 1.68 bits per heavy atom. The molecule has 0 aliphatic heterocycles. The number of nitrogens with one attached hydrogen (secondary N) is 2. The molecule has 3 aromatic rings. The van der Waals surface area contributed by atoms with Crippen molar-refractivity contribution in [2.45, 2.75) is 30.8 Å². The molecule has 0 aliphatic rings. The van der Waals surface area contributed by atoms with Crippen LogP contribution in [0.1, 0.15) is 40.9 Å². The molecule has 1 unspecified atom stereocenters. The van der Waals surface area contributed by atoms with Crippen molar-refractivity contribution in [1.82, 2.24) is 10.0 Å². The molecular formula is C24H26N2O4S. The van der Waals surface area contributed by atoms with Crippen LogP contribution in [-0.4, -0.2) is 21.4 Å². The van der Waals surface area contributed by atoms with Crippen LogP contribution < -0.4 is 14.8 Å². The van der Waals surface area contributed by atoms with Gasteiger partial charge < -0.3 is 10.1 Å². The normalized spacial score (nSPS) is 12.2. The van der Waals surface area contributed by atoms with Crippen LogP contribution in [0.4, 0.5) is 0 Å². The summed E-state index contributed by atoms with van der Waals surface area (Å²) in [4.78, 5) is 12.9. The molecule has 3 aromatic carbocycles. The quantitative estimate of drug-likeness (QED) is 0.528. The molecule has 0 saturated carbocycles. The summed E-state index contributed by atoms with van der Waals surface area (Å²) in [6, 6.07) is 22.6. The third-order valence-electron chi connectivity index (χ3n) is 4.95. The zero-order valence-electron chi connectivity index (χ0n) is 17.5. The van der Waals surface area contributed by atoms with Crippen molar-refractivity contribution in [1.29, 1.82) is 0 Å². The van der Waals surface area contributed by atoms with Crippen molar-refractivity contribution < 1.29 is 17.9 Å². The van der Waals surface area contributed by atoms with Crippen LogP contribution in [-0.2, 0) is 16.6 Å². The van der Waals surface area contributed by atoms with E-state index in [-0.39, 0.29) is 29.0 Å². The van der Waals surface area contributed by atoms with Gasteiger partial charge in [-0.2, -0.15) is 0 Å². The topological polar surface area (TPSA) is 84.5 Å². The van der Waals surface area contributed by atoms with E-state index in [1.165, 1.54) is 12.1 Å². The first-order valence-electron chi connectivity index (χ1n) is 10.0. The summed E-state index contributed by atoms with van der Waals surface area (Å²) in [7, 11) is -2.15. The van der Waals surface area contributed by atoms with Gasteiger partial charge in [0, 0.05) is 12.1 Å². The van der Waals surface area contributed by atoms with E-state index in [4.69, 9.17) is 4.74 Å². The molecule has 7 heteroatoms. The van der Waals surface area contributed by atoms with Gasteiger partial charge in [-0.15, -0.1) is 0 Å². The Kier molecular flexibility index (Phi) is 7.44. The highest BCUT2D eigenvalue weighted by molar-refractivity contribution is 7.89. The maximum Gasteiger partial charge on any atom is 0.251 e. The number of ether oxygens (including phenoxy) is 1. The SMILES string of the molecule is CCC(NC(=O)c1cccc(S(=O)(=O)NCc2ccccc2)c1)c1ccc(OC)cc1. The highest BCUT2D eigenvalue weighted by atomic mass is 32.2. The van der Waals surface area contributed by atoms with Gasteiger partial charge in [-0.1, -0.05) is 55.5 Å². The third-order valence-corrected chi connectivity index (χ3v) is 6.35. The highest BCUT2D eigenvalue weighted by Gasteiger charge is 2.18. The van der Waals surface area contributed by atoms with Gasteiger partial charge in [0.15, 0.2) is 0 Å². The van der Waals surface area contributed by atoms with E-state index >= 15 is 0 Å². The molecule has 1 amide bonds. The van der Waals surface area contributed by atoms with Crippen molar-refractivity contribution >= 4 is 15.9 Å². The van der Waals surface area contributed by atoms with E-state index < -0.39 is 10.0 Å². The molecule has 1 atom stereocenters. The zero-order chi connectivity index (χ0) is 22.3. The van der Waals surface area contributed by atoms with Gasteiger partial charge in [0.05, 0.1) is 18.0 Å². The van der Waals surface area contributed by atoms with Crippen LogP contribution in [0, 0.1) is 0 Å². The van der Waals surface area contributed by atoms with Crippen molar-refractivity contribution in [2.24, 2.45) is 0 Å². The van der Waals surface area contributed by atoms with Gasteiger partial charge in [0.1, 0.15) is 5.75 Å². The monoisotopic (exact) mass is 438 g/mol. The maximum absolute atomic E-state index is 12.8. The summed E-state index contributed by atoms with van der Waals surface area (Å²) < 4.78 is 33.1. The van der Waals surface area contributed by atoms with Crippen LogP contribution in [0.25, 0.3) is 0 Å². The molecule has 2 N–H and O–H groups in total. The lowest BCUT2D eigenvalue weighted by atomic mass is 10.0. The average Bonchev–Trinajstić information content (AvgIpc) is 2.82. The average molecular weight is 439 g/mol. The van der Waals surface area contributed by atoms with Crippen LogP contribution in [0.15, 0.2) is 83.8 Å². The lowest BCUT2D eigenvalue weighted by Gasteiger charge is -2.18. The second-order valence-electron chi connectivity index (χ2n) is 7.05. The van der Waals surface area contributed by atoms with Crippen molar-refractivity contribution in [3.8, 4) is 5.75 Å². The number of amides is 1. The summed E-state index contributed by atoms with van der Waals surface area (Å²) >= 11 is 0. The first-order valence-corrected chi connectivity index (χ1v) is 11.5. The smallest absolute Gasteiger partial charge is 0.251 e. The number of carbonyl (C=O) groups excluding carboxylic acids is 1. The van der Waals surface area contributed by atoms with Crippen molar-refractivity contribution in [2.75, 3.05) is 7.11 Å². The zero-order valence-corrected chi connectivity index (χ0v) is 18.4. The van der Waals surface area contributed by atoms with Gasteiger partial charge in [-0.25, -0.2) is 13.1 Å². The predicted octanol–water partition coefficient (Wildman–Crippen LogP) is 4.05. The lowest BCUT2D eigenvalue weighted by Crippen LogP contribution is -2.28. The van der Waals surface area contributed by atoms with E-state index in [2.05, 4.69) is 10.0 Å². The Morgan fingerprint density at radius 3 is 2.32 bits per heavy atom. The summed E-state index contributed by atoms with van der Waals surface area (Å²) in [5.41, 5.74) is 2.09. The Morgan fingerprint density at radius 1 is 0.968 bits per heavy atom. The lowest BCUT2D eigenvalue weighted by molar-refractivity contribution is 0.0935.